The summed E-state index contributed by atoms with van der Waals surface area (Å²) in [5.74, 6) is 0.283. The molecule has 0 saturated carbocycles. The normalized spacial score (nSPS) is 25.8. The van der Waals surface area contributed by atoms with Gasteiger partial charge in [-0.25, -0.2) is 0 Å². The zero-order valence-electron chi connectivity index (χ0n) is 16.9. The van der Waals surface area contributed by atoms with E-state index in [2.05, 4.69) is 41.2 Å². The van der Waals surface area contributed by atoms with Gasteiger partial charge in [-0.3, -0.25) is 14.5 Å². The molecule has 0 aromatic rings. The molecule has 2 atom stereocenters. The van der Waals surface area contributed by atoms with E-state index in [1.807, 2.05) is 0 Å². The van der Waals surface area contributed by atoms with Crippen LogP contribution < -0.4 is 10.6 Å². The summed E-state index contributed by atoms with van der Waals surface area (Å²) >= 11 is 0. The number of hydrogen-bond donors (Lipinski definition) is 2. The summed E-state index contributed by atoms with van der Waals surface area (Å²) in [6, 6.07) is 0.668. The molecule has 0 bridgehead atoms. The third-order valence-electron chi connectivity index (χ3n) is 5.96. The van der Waals surface area contributed by atoms with Gasteiger partial charge in [-0.1, -0.05) is 20.3 Å². The smallest absolute Gasteiger partial charge is 0.234 e. The second-order valence-corrected chi connectivity index (χ2v) is 7.97. The summed E-state index contributed by atoms with van der Waals surface area (Å²) < 4.78 is 0. The van der Waals surface area contributed by atoms with Gasteiger partial charge in [0.05, 0.1) is 12.5 Å². The maximum atomic E-state index is 12.5. The summed E-state index contributed by atoms with van der Waals surface area (Å²) in [6.07, 6.45) is 6.10. The van der Waals surface area contributed by atoms with Gasteiger partial charge in [0, 0.05) is 38.3 Å². The minimum Gasteiger partial charge on any atom is -0.356 e. The van der Waals surface area contributed by atoms with E-state index in [0.29, 0.717) is 25.2 Å². The first-order chi connectivity index (χ1) is 12.5. The predicted molar refractivity (Wildman–Crippen MR) is 105 cm³/mol. The molecular weight excluding hydrogens is 328 g/mol. The van der Waals surface area contributed by atoms with Gasteiger partial charge in [0.25, 0.3) is 0 Å². The third kappa shape index (κ3) is 6.54. The van der Waals surface area contributed by atoms with Crippen molar-refractivity contribution in [3.8, 4) is 0 Å². The molecular formula is C20H38N4O2. The van der Waals surface area contributed by atoms with Crippen LogP contribution in [0.5, 0.6) is 0 Å². The Hall–Kier alpha value is -1.14. The number of likely N-dealkylation sites (tertiary alicyclic amines) is 2. The highest BCUT2D eigenvalue weighted by Crippen LogP contribution is 2.22. The molecule has 2 N–H and O–H groups in total. The Morgan fingerprint density at radius 3 is 2.46 bits per heavy atom. The molecule has 0 radical (unpaired) electrons. The van der Waals surface area contributed by atoms with Crippen LogP contribution in [0.25, 0.3) is 0 Å². The fraction of sp³-hybridized carbons (Fsp3) is 0.900. The van der Waals surface area contributed by atoms with Crippen LogP contribution in [-0.4, -0.2) is 73.0 Å². The van der Waals surface area contributed by atoms with Crippen LogP contribution in [0.15, 0.2) is 0 Å². The molecule has 2 rings (SSSR count). The fourth-order valence-corrected chi connectivity index (χ4v) is 4.00. The number of piperidine rings is 2. The van der Waals surface area contributed by atoms with Gasteiger partial charge in [-0.05, 0) is 45.6 Å². The second-order valence-electron chi connectivity index (χ2n) is 7.97. The lowest BCUT2D eigenvalue weighted by atomic mass is 9.92. The standard InChI is InChI=1S/C20H38N4O2/c1-4-6-11-21-20(26)17-8-7-16(3)24(14-17)15-19(25)22-18-9-12-23(5-2)13-10-18/h16-18H,4-15H2,1-3H3,(H,21,26)(H,22,25). The zero-order valence-corrected chi connectivity index (χ0v) is 16.9. The first-order valence-electron chi connectivity index (χ1n) is 10.6. The monoisotopic (exact) mass is 366 g/mol. The van der Waals surface area contributed by atoms with Gasteiger partial charge in [-0.15, -0.1) is 0 Å². The number of carbonyl (C=O) groups excluding carboxylic acids is 2. The number of amides is 2. The Balaban J connectivity index is 1.75. The lowest BCUT2D eigenvalue weighted by molar-refractivity contribution is -0.130. The highest BCUT2D eigenvalue weighted by atomic mass is 16.2. The van der Waals surface area contributed by atoms with Crippen molar-refractivity contribution in [3.63, 3.8) is 0 Å². The van der Waals surface area contributed by atoms with E-state index in [0.717, 1.165) is 64.7 Å². The Bertz CT molecular complexity index is 449. The van der Waals surface area contributed by atoms with E-state index in [9.17, 15) is 9.59 Å². The lowest BCUT2D eigenvalue weighted by Crippen LogP contribution is -2.52. The van der Waals surface area contributed by atoms with Gasteiger partial charge >= 0.3 is 0 Å². The average Bonchev–Trinajstić information content (AvgIpc) is 2.64. The molecule has 2 saturated heterocycles. The Morgan fingerprint density at radius 1 is 1.08 bits per heavy atom. The molecule has 150 valence electrons. The summed E-state index contributed by atoms with van der Waals surface area (Å²) in [5.41, 5.74) is 0. The van der Waals surface area contributed by atoms with E-state index in [1.165, 1.54) is 0 Å². The van der Waals surface area contributed by atoms with Crippen LogP contribution in [0, 0.1) is 5.92 Å². The van der Waals surface area contributed by atoms with Gasteiger partial charge in [0.2, 0.25) is 11.8 Å². The molecule has 6 nitrogen and oxygen atoms in total. The third-order valence-corrected chi connectivity index (χ3v) is 5.96. The largest absolute Gasteiger partial charge is 0.356 e. The van der Waals surface area contributed by atoms with Crippen molar-refractivity contribution >= 4 is 11.8 Å². The van der Waals surface area contributed by atoms with E-state index in [4.69, 9.17) is 0 Å². The Morgan fingerprint density at radius 2 is 1.81 bits per heavy atom. The molecule has 2 aliphatic heterocycles. The van der Waals surface area contributed by atoms with Crippen LogP contribution in [0.1, 0.15) is 59.3 Å². The van der Waals surface area contributed by atoms with Crippen molar-refractivity contribution in [2.45, 2.75) is 71.4 Å². The summed E-state index contributed by atoms with van der Waals surface area (Å²) in [6.45, 7) is 11.6. The van der Waals surface area contributed by atoms with Gasteiger partial charge < -0.3 is 15.5 Å². The van der Waals surface area contributed by atoms with Gasteiger partial charge in [0.15, 0.2) is 0 Å². The molecule has 2 aliphatic rings. The van der Waals surface area contributed by atoms with E-state index in [-0.39, 0.29) is 17.7 Å². The van der Waals surface area contributed by atoms with Crippen molar-refractivity contribution < 1.29 is 9.59 Å². The molecule has 2 heterocycles. The minimum absolute atomic E-state index is 0.0173. The number of nitrogens with one attached hydrogen (secondary N) is 2. The molecule has 2 fully saturated rings. The predicted octanol–water partition coefficient (Wildman–Crippen LogP) is 1.60. The molecule has 0 aliphatic carbocycles. The first kappa shape index (κ1) is 21.2. The zero-order chi connectivity index (χ0) is 18.9. The summed E-state index contributed by atoms with van der Waals surface area (Å²) in [7, 11) is 0. The molecule has 6 heteroatoms. The Kier molecular flexibility index (Phi) is 8.85. The van der Waals surface area contributed by atoms with Crippen molar-refractivity contribution in [3.05, 3.63) is 0 Å². The van der Waals surface area contributed by atoms with Crippen molar-refractivity contribution in [1.82, 2.24) is 20.4 Å². The highest BCUT2D eigenvalue weighted by Gasteiger charge is 2.31. The van der Waals surface area contributed by atoms with Gasteiger partial charge in [-0.2, -0.15) is 0 Å². The van der Waals surface area contributed by atoms with Gasteiger partial charge in [0.1, 0.15) is 0 Å². The van der Waals surface area contributed by atoms with Crippen LogP contribution >= 0.6 is 0 Å². The number of nitrogens with zero attached hydrogens (tertiary/aromatic N) is 2. The summed E-state index contributed by atoms with van der Waals surface area (Å²) in [4.78, 5) is 29.5. The van der Waals surface area contributed by atoms with Crippen LogP contribution in [0.3, 0.4) is 0 Å². The SMILES string of the molecule is CCCCNC(=O)C1CCC(C)N(CC(=O)NC2CCN(CC)CC2)C1. The topological polar surface area (TPSA) is 64.7 Å². The molecule has 2 unspecified atom stereocenters. The van der Waals surface area contributed by atoms with Crippen molar-refractivity contribution in [1.29, 1.82) is 0 Å². The summed E-state index contributed by atoms with van der Waals surface area (Å²) in [5, 5.41) is 6.26. The number of rotatable bonds is 8. The lowest BCUT2D eigenvalue weighted by Gasteiger charge is -2.37. The van der Waals surface area contributed by atoms with Crippen molar-refractivity contribution in [2.75, 3.05) is 39.3 Å². The maximum absolute atomic E-state index is 12.5. The van der Waals surface area contributed by atoms with Crippen LogP contribution in [-0.2, 0) is 9.59 Å². The Labute approximate surface area is 159 Å². The fourth-order valence-electron chi connectivity index (χ4n) is 4.00. The second kappa shape index (κ2) is 10.9. The number of unbranched alkanes of at least 4 members (excludes halogenated alkanes) is 1. The number of hydrogen-bond acceptors (Lipinski definition) is 4. The molecule has 0 spiro atoms. The van der Waals surface area contributed by atoms with E-state index >= 15 is 0 Å². The van der Waals surface area contributed by atoms with E-state index < -0.39 is 0 Å². The minimum atomic E-state index is 0.0173. The van der Waals surface area contributed by atoms with Crippen molar-refractivity contribution in [2.24, 2.45) is 5.92 Å². The van der Waals surface area contributed by atoms with Crippen LogP contribution in [0.2, 0.25) is 0 Å². The number of carbonyl (C=O) groups is 2. The first-order valence-corrected chi connectivity index (χ1v) is 10.6. The molecule has 2 amide bonds. The molecule has 0 aromatic carbocycles. The van der Waals surface area contributed by atoms with E-state index in [1.54, 1.807) is 0 Å². The van der Waals surface area contributed by atoms with Crippen LogP contribution in [0.4, 0.5) is 0 Å². The maximum Gasteiger partial charge on any atom is 0.234 e. The molecule has 0 aromatic heterocycles. The quantitative estimate of drug-likeness (QED) is 0.641. The average molecular weight is 367 g/mol. The highest BCUT2D eigenvalue weighted by molar-refractivity contribution is 5.80. The molecule has 26 heavy (non-hydrogen) atoms.